The Morgan fingerprint density at radius 2 is 2.15 bits per heavy atom. The second kappa shape index (κ2) is 6.20. The van der Waals surface area contributed by atoms with Crippen molar-refractivity contribution in [3.63, 3.8) is 0 Å². The largest absolute Gasteiger partial charge is 0.313 e. The first-order chi connectivity index (χ1) is 9.39. The van der Waals surface area contributed by atoms with Gasteiger partial charge in [0, 0.05) is 26.2 Å². The minimum atomic E-state index is -3.37. The van der Waals surface area contributed by atoms with E-state index in [0.717, 1.165) is 12.8 Å². The Kier molecular flexibility index (Phi) is 4.78. The SMILES string of the molecule is CC(CNC1CC1)S(=O)(=O)N(C)Cc1cccc(F)c1. The van der Waals surface area contributed by atoms with Crippen molar-refractivity contribution in [2.45, 2.75) is 37.6 Å². The van der Waals surface area contributed by atoms with Crippen molar-refractivity contribution in [1.82, 2.24) is 9.62 Å². The number of nitrogens with zero attached hydrogens (tertiary/aromatic N) is 1. The molecule has 1 aromatic carbocycles. The van der Waals surface area contributed by atoms with Crippen LogP contribution >= 0.6 is 0 Å². The summed E-state index contributed by atoms with van der Waals surface area (Å²) in [6, 6.07) is 6.51. The van der Waals surface area contributed by atoms with E-state index < -0.39 is 15.3 Å². The van der Waals surface area contributed by atoms with Crippen LogP contribution in [0.15, 0.2) is 24.3 Å². The normalized spacial score (nSPS) is 17.4. The van der Waals surface area contributed by atoms with Gasteiger partial charge in [0.2, 0.25) is 10.0 Å². The minimum Gasteiger partial charge on any atom is -0.313 e. The Labute approximate surface area is 120 Å². The van der Waals surface area contributed by atoms with Gasteiger partial charge < -0.3 is 5.32 Å². The molecule has 0 saturated heterocycles. The highest BCUT2D eigenvalue weighted by Gasteiger charge is 2.28. The smallest absolute Gasteiger partial charge is 0.218 e. The summed E-state index contributed by atoms with van der Waals surface area (Å²) < 4.78 is 39.1. The Balaban J connectivity index is 1.96. The van der Waals surface area contributed by atoms with Gasteiger partial charge in [-0.2, -0.15) is 0 Å². The van der Waals surface area contributed by atoms with Gasteiger partial charge in [-0.3, -0.25) is 0 Å². The molecule has 1 saturated carbocycles. The Hall–Kier alpha value is -0.980. The van der Waals surface area contributed by atoms with Crippen molar-refractivity contribution in [3.8, 4) is 0 Å². The molecule has 0 aromatic heterocycles. The van der Waals surface area contributed by atoms with E-state index >= 15 is 0 Å². The van der Waals surface area contributed by atoms with E-state index in [-0.39, 0.29) is 12.4 Å². The summed E-state index contributed by atoms with van der Waals surface area (Å²) in [7, 11) is -1.83. The maximum absolute atomic E-state index is 13.1. The predicted molar refractivity (Wildman–Crippen MR) is 77.3 cm³/mol. The maximum atomic E-state index is 13.1. The molecule has 1 N–H and O–H groups in total. The van der Waals surface area contributed by atoms with Crippen molar-refractivity contribution >= 4 is 10.0 Å². The van der Waals surface area contributed by atoms with E-state index in [1.807, 2.05) is 0 Å². The molecule has 20 heavy (non-hydrogen) atoms. The van der Waals surface area contributed by atoms with E-state index in [4.69, 9.17) is 0 Å². The predicted octanol–water partition coefficient (Wildman–Crippen LogP) is 1.73. The summed E-state index contributed by atoms with van der Waals surface area (Å²) in [5.74, 6) is -0.350. The van der Waals surface area contributed by atoms with Crippen LogP contribution in [0.1, 0.15) is 25.3 Å². The van der Waals surface area contributed by atoms with Crippen LogP contribution in [0.2, 0.25) is 0 Å². The summed E-state index contributed by atoms with van der Waals surface area (Å²) in [6.45, 7) is 2.35. The maximum Gasteiger partial charge on any atom is 0.218 e. The van der Waals surface area contributed by atoms with Crippen LogP contribution in [0.3, 0.4) is 0 Å². The molecule has 2 rings (SSSR count). The van der Waals surface area contributed by atoms with Gasteiger partial charge in [0.25, 0.3) is 0 Å². The molecule has 1 aliphatic carbocycles. The average molecular weight is 300 g/mol. The quantitative estimate of drug-likeness (QED) is 0.834. The molecule has 4 nitrogen and oxygen atoms in total. The van der Waals surface area contributed by atoms with Crippen molar-refractivity contribution in [2.24, 2.45) is 0 Å². The number of halogens is 1. The molecule has 1 atom stereocenters. The molecule has 6 heteroatoms. The standard InChI is InChI=1S/C14H21FN2O2S/c1-11(9-16-14-6-7-14)20(18,19)17(2)10-12-4-3-5-13(15)8-12/h3-5,8,11,14,16H,6-7,9-10H2,1-2H3. The van der Waals surface area contributed by atoms with E-state index in [0.29, 0.717) is 18.2 Å². The lowest BCUT2D eigenvalue weighted by Crippen LogP contribution is -2.40. The van der Waals surface area contributed by atoms with Gasteiger partial charge in [-0.25, -0.2) is 17.1 Å². The molecule has 0 aliphatic heterocycles. The third kappa shape index (κ3) is 4.01. The topological polar surface area (TPSA) is 49.4 Å². The molecule has 0 bridgehead atoms. The Bertz CT molecular complexity index is 558. The number of hydrogen-bond acceptors (Lipinski definition) is 3. The van der Waals surface area contributed by atoms with E-state index in [2.05, 4.69) is 5.32 Å². The second-order valence-corrected chi connectivity index (χ2v) is 7.88. The van der Waals surface area contributed by atoms with E-state index in [9.17, 15) is 12.8 Å². The lowest BCUT2D eigenvalue weighted by molar-refractivity contribution is 0.452. The van der Waals surface area contributed by atoms with Gasteiger partial charge in [0.15, 0.2) is 0 Å². The van der Waals surface area contributed by atoms with Crippen LogP contribution in [0, 0.1) is 5.82 Å². The van der Waals surface area contributed by atoms with Gasteiger partial charge in [0.1, 0.15) is 5.82 Å². The van der Waals surface area contributed by atoms with Crippen LogP contribution < -0.4 is 5.32 Å². The highest BCUT2D eigenvalue weighted by molar-refractivity contribution is 7.89. The summed E-state index contributed by atoms with van der Waals surface area (Å²) >= 11 is 0. The second-order valence-electron chi connectivity index (χ2n) is 5.42. The van der Waals surface area contributed by atoms with Gasteiger partial charge >= 0.3 is 0 Å². The zero-order valence-electron chi connectivity index (χ0n) is 11.8. The molecule has 0 radical (unpaired) electrons. The van der Waals surface area contributed by atoms with Crippen molar-refractivity contribution in [2.75, 3.05) is 13.6 Å². The molecule has 1 aromatic rings. The molecular formula is C14H21FN2O2S. The van der Waals surface area contributed by atoms with Gasteiger partial charge in [-0.05, 0) is 37.5 Å². The lowest BCUT2D eigenvalue weighted by atomic mass is 10.2. The number of rotatable bonds is 7. The molecule has 112 valence electrons. The molecule has 1 aliphatic rings. The average Bonchev–Trinajstić information content (AvgIpc) is 3.19. The number of sulfonamides is 1. The fourth-order valence-corrected chi connectivity index (χ4v) is 3.27. The molecular weight excluding hydrogens is 279 g/mol. The zero-order chi connectivity index (χ0) is 14.8. The van der Waals surface area contributed by atoms with Crippen LogP contribution in [-0.2, 0) is 16.6 Å². The first-order valence-corrected chi connectivity index (χ1v) is 8.33. The third-order valence-electron chi connectivity index (χ3n) is 3.51. The summed E-state index contributed by atoms with van der Waals surface area (Å²) in [5, 5.41) is 2.74. The zero-order valence-corrected chi connectivity index (χ0v) is 12.7. The first kappa shape index (κ1) is 15.4. The minimum absolute atomic E-state index is 0.188. The Morgan fingerprint density at radius 1 is 1.45 bits per heavy atom. The molecule has 1 unspecified atom stereocenters. The fraction of sp³-hybridized carbons (Fsp3) is 0.571. The summed E-state index contributed by atoms with van der Waals surface area (Å²) in [4.78, 5) is 0. The van der Waals surface area contributed by atoms with Crippen LogP contribution in [0.25, 0.3) is 0 Å². The van der Waals surface area contributed by atoms with Crippen LogP contribution in [-0.4, -0.2) is 37.6 Å². The molecule has 0 amide bonds. The number of nitrogens with one attached hydrogen (secondary N) is 1. The van der Waals surface area contributed by atoms with Crippen LogP contribution in [0.5, 0.6) is 0 Å². The number of hydrogen-bond donors (Lipinski definition) is 1. The van der Waals surface area contributed by atoms with Gasteiger partial charge in [-0.15, -0.1) is 0 Å². The van der Waals surface area contributed by atoms with Gasteiger partial charge in [-0.1, -0.05) is 12.1 Å². The summed E-state index contributed by atoms with van der Waals surface area (Å²) in [5.41, 5.74) is 0.651. The van der Waals surface area contributed by atoms with Gasteiger partial charge in [0.05, 0.1) is 5.25 Å². The van der Waals surface area contributed by atoms with Crippen molar-refractivity contribution in [3.05, 3.63) is 35.6 Å². The number of benzene rings is 1. The highest BCUT2D eigenvalue weighted by atomic mass is 32.2. The monoisotopic (exact) mass is 300 g/mol. The fourth-order valence-electron chi connectivity index (χ4n) is 2.01. The first-order valence-electron chi connectivity index (χ1n) is 6.82. The molecule has 0 heterocycles. The highest BCUT2D eigenvalue weighted by Crippen LogP contribution is 2.19. The van der Waals surface area contributed by atoms with Crippen molar-refractivity contribution in [1.29, 1.82) is 0 Å². The van der Waals surface area contributed by atoms with Crippen LogP contribution in [0.4, 0.5) is 4.39 Å². The molecule has 1 fully saturated rings. The van der Waals surface area contributed by atoms with Crippen molar-refractivity contribution < 1.29 is 12.8 Å². The lowest BCUT2D eigenvalue weighted by Gasteiger charge is -2.22. The Morgan fingerprint density at radius 3 is 2.75 bits per heavy atom. The molecule has 0 spiro atoms. The van der Waals surface area contributed by atoms with E-state index in [1.165, 1.54) is 23.5 Å². The third-order valence-corrected chi connectivity index (χ3v) is 5.69. The van der Waals surface area contributed by atoms with E-state index in [1.54, 1.807) is 19.1 Å². The summed E-state index contributed by atoms with van der Waals surface area (Å²) in [6.07, 6.45) is 2.26.